The van der Waals surface area contributed by atoms with Crippen LogP contribution in [0.25, 0.3) is 0 Å². The number of nitrogens with one attached hydrogen (secondary N) is 4. The van der Waals surface area contributed by atoms with Gasteiger partial charge in [0, 0.05) is 30.7 Å². The standard InChI is InChI=1S/C28H54N4O5/c1-25(2,3)15-16-27(6,7)32-24(36)22(30-20-33)12-10-11-18-29-23(35)13-14-28(8,9)37-19-17-26(4,5)31-21-34/h20-22H,10-19H2,1-9H3,(H,29,35)(H,30,33)(H,31,34)(H,32,36)/t22-/m0/s1. The average molecular weight is 527 g/mol. The van der Waals surface area contributed by atoms with Crippen molar-refractivity contribution in [3.63, 3.8) is 0 Å². The van der Waals surface area contributed by atoms with Crippen LogP contribution in [0.3, 0.4) is 0 Å². The quantitative estimate of drug-likeness (QED) is 0.142. The second-order valence-electron chi connectivity index (χ2n) is 13.1. The smallest absolute Gasteiger partial charge is 0.242 e. The maximum absolute atomic E-state index is 12.8. The summed E-state index contributed by atoms with van der Waals surface area (Å²) in [6.07, 6.45) is 6.60. The summed E-state index contributed by atoms with van der Waals surface area (Å²) in [6, 6.07) is -0.591. The predicted octanol–water partition coefficient (Wildman–Crippen LogP) is 3.60. The van der Waals surface area contributed by atoms with Crippen molar-refractivity contribution in [3.8, 4) is 0 Å². The van der Waals surface area contributed by atoms with Crippen molar-refractivity contribution in [1.29, 1.82) is 0 Å². The van der Waals surface area contributed by atoms with Gasteiger partial charge in [-0.2, -0.15) is 0 Å². The number of carbonyl (C=O) groups excluding carboxylic acids is 4. The van der Waals surface area contributed by atoms with Gasteiger partial charge in [-0.15, -0.1) is 0 Å². The van der Waals surface area contributed by atoms with Gasteiger partial charge in [0.2, 0.25) is 24.6 Å². The molecule has 216 valence electrons. The Morgan fingerprint density at radius 2 is 1.46 bits per heavy atom. The molecular weight excluding hydrogens is 472 g/mol. The molecule has 37 heavy (non-hydrogen) atoms. The van der Waals surface area contributed by atoms with Crippen LogP contribution in [-0.4, -0.2) is 60.5 Å². The minimum absolute atomic E-state index is 0.0412. The monoisotopic (exact) mass is 526 g/mol. The number of ether oxygens (including phenoxy) is 1. The molecule has 0 radical (unpaired) electrons. The second kappa shape index (κ2) is 15.9. The lowest BCUT2D eigenvalue weighted by Crippen LogP contribution is -2.52. The van der Waals surface area contributed by atoms with Gasteiger partial charge in [0.15, 0.2) is 0 Å². The summed E-state index contributed by atoms with van der Waals surface area (Å²) in [5.41, 5.74) is -0.960. The predicted molar refractivity (Wildman–Crippen MR) is 148 cm³/mol. The van der Waals surface area contributed by atoms with E-state index in [1.165, 1.54) is 0 Å². The summed E-state index contributed by atoms with van der Waals surface area (Å²) in [4.78, 5) is 46.7. The first kappa shape index (κ1) is 34.8. The van der Waals surface area contributed by atoms with Crippen molar-refractivity contribution in [1.82, 2.24) is 21.3 Å². The molecule has 4 N–H and O–H groups in total. The number of carbonyl (C=O) groups is 4. The number of amides is 4. The molecule has 0 unspecified atom stereocenters. The summed E-state index contributed by atoms with van der Waals surface area (Å²) in [5.74, 6) is -0.219. The summed E-state index contributed by atoms with van der Waals surface area (Å²) in [5, 5.41) is 11.4. The molecule has 0 saturated carbocycles. The van der Waals surface area contributed by atoms with Gasteiger partial charge in [-0.25, -0.2) is 0 Å². The first-order chi connectivity index (χ1) is 16.9. The molecule has 9 heteroatoms. The van der Waals surface area contributed by atoms with Crippen molar-refractivity contribution >= 4 is 24.6 Å². The van der Waals surface area contributed by atoms with Gasteiger partial charge in [-0.3, -0.25) is 19.2 Å². The van der Waals surface area contributed by atoms with Crippen LogP contribution in [0.2, 0.25) is 0 Å². The van der Waals surface area contributed by atoms with Crippen molar-refractivity contribution in [2.24, 2.45) is 5.41 Å². The van der Waals surface area contributed by atoms with Gasteiger partial charge < -0.3 is 26.0 Å². The molecule has 0 saturated heterocycles. The van der Waals surface area contributed by atoms with Gasteiger partial charge in [-0.1, -0.05) is 20.8 Å². The fraction of sp³-hybridized carbons (Fsp3) is 0.857. The van der Waals surface area contributed by atoms with E-state index in [4.69, 9.17) is 4.74 Å². The molecule has 1 atom stereocenters. The van der Waals surface area contributed by atoms with Crippen LogP contribution in [0.4, 0.5) is 0 Å². The van der Waals surface area contributed by atoms with Crippen LogP contribution < -0.4 is 21.3 Å². The SMILES string of the molecule is CC(C)(C)CCC(C)(C)NC(=O)[C@H](CCCCNC(=O)CCC(C)(C)OCCC(C)(C)NC=O)NC=O. The van der Waals surface area contributed by atoms with E-state index >= 15 is 0 Å². The third-order valence-corrected chi connectivity index (χ3v) is 6.41. The molecule has 0 aromatic rings. The molecule has 4 amide bonds. The van der Waals surface area contributed by atoms with Gasteiger partial charge >= 0.3 is 0 Å². The minimum atomic E-state index is -0.591. The molecule has 0 spiro atoms. The summed E-state index contributed by atoms with van der Waals surface area (Å²) in [6.45, 7) is 19.3. The number of hydrogen-bond donors (Lipinski definition) is 4. The molecule has 0 bridgehead atoms. The highest BCUT2D eigenvalue weighted by Gasteiger charge is 2.27. The van der Waals surface area contributed by atoms with Crippen LogP contribution in [0.5, 0.6) is 0 Å². The Labute approximate surface area is 225 Å². The number of unbranched alkanes of at least 4 members (excludes halogenated alkanes) is 1. The maximum atomic E-state index is 12.8. The van der Waals surface area contributed by atoms with Crippen molar-refractivity contribution in [2.75, 3.05) is 13.2 Å². The minimum Gasteiger partial charge on any atom is -0.375 e. The molecule has 0 aliphatic carbocycles. The van der Waals surface area contributed by atoms with Crippen molar-refractivity contribution in [3.05, 3.63) is 0 Å². The second-order valence-corrected chi connectivity index (χ2v) is 13.1. The molecule has 0 fully saturated rings. The zero-order valence-corrected chi connectivity index (χ0v) is 24.8. The van der Waals surface area contributed by atoms with E-state index in [1.807, 2.05) is 41.5 Å². The molecular formula is C28H54N4O5. The Kier molecular flexibility index (Phi) is 15.0. The zero-order chi connectivity index (χ0) is 28.8. The van der Waals surface area contributed by atoms with E-state index in [0.29, 0.717) is 64.5 Å². The highest BCUT2D eigenvalue weighted by molar-refractivity contribution is 5.84. The van der Waals surface area contributed by atoms with Crippen LogP contribution in [0.15, 0.2) is 0 Å². The van der Waals surface area contributed by atoms with E-state index in [0.717, 1.165) is 12.8 Å². The average Bonchev–Trinajstić information content (AvgIpc) is 2.74. The van der Waals surface area contributed by atoms with Gasteiger partial charge in [0.25, 0.3) is 0 Å². The summed E-state index contributed by atoms with van der Waals surface area (Å²) in [7, 11) is 0. The molecule has 0 aromatic carbocycles. The molecule has 0 heterocycles. The Morgan fingerprint density at radius 1 is 0.811 bits per heavy atom. The first-order valence-corrected chi connectivity index (χ1v) is 13.6. The first-order valence-electron chi connectivity index (χ1n) is 13.6. The number of rotatable bonds is 20. The maximum Gasteiger partial charge on any atom is 0.242 e. The van der Waals surface area contributed by atoms with Crippen molar-refractivity contribution in [2.45, 2.75) is 136 Å². The normalized spacial score (nSPS) is 13.4. The summed E-state index contributed by atoms with van der Waals surface area (Å²) < 4.78 is 5.93. The van der Waals surface area contributed by atoms with Crippen LogP contribution in [0, 0.1) is 5.41 Å². The van der Waals surface area contributed by atoms with Crippen LogP contribution in [-0.2, 0) is 23.9 Å². The third-order valence-electron chi connectivity index (χ3n) is 6.41. The lowest BCUT2D eigenvalue weighted by Gasteiger charge is -2.31. The van der Waals surface area contributed by atoms with Gasteiger partial charge in [-0.05, 0) is 91.9 Å². The van der Waals surface area contributed by atoms with E-state index in [2.05, 4.69) is 42.0 Å². The van der Waals surface area contributed by atoms with E-state index < -0.39 is 11.6 Å². The van der Waals surface area contributed by atoms with E-state index in [1.54, 1.807) is 0 Å². The molecule has 0 rings (SSSR count). The summed E-state index contributed by atoms with van der Waals surface area (Å²) >= 11 is 0. The van der Waals surface area contributed by atoms with Gasteiger partial charge in [0.1, 0.15) is 6.04 Å². The lowest BCUT2D eigenvalue weighted by molar-refractivity contribution is -0.127. The molecule has 9 nitrogen and oxygen atoms in total. The largest absolute Gasteiger partial charge is 0.375 e. The number of hydrogen-bond acceptors (Lipinski definition) is 5. The topological polar surface area (TPSA) is 126 Å². The molecule has 0 aliphatic rings. The van der Waals surface area contributed by atoms with E-state index in [-0.39, 0.29) is 28.3 Å². The Morgan fingerprint density at radius 3 is 2.03 bits per heavy atom. The van der Waals surface area contributed by atoms with Crippen LogP contribution >= 0.6 is 0 Å². The van der Waals surface area contributed by atoms with E-state index in [9.17, 15) is 19.2 Å². The zero-order valence-electron chi connectivity index (χ0n) is 24.8. The Hall–Kier alpha value is -2.16. The molecule has 0 aromatic heterocycles. The molecule has 0 aliphatic heterocycles. The Balaban J connectivity index is 4.33. The fourth-order valence-electron chi connectivity index (χ4n) is 3.63. The fourth-order valence-corrected chi connectivity index (χ4v) is 3.63. The van der Waals surface area contributed by atoms with Gasteiger partial charge in [0.05, 0.1) is 5.60 Å². The lowest BCUT2D eigenvalue weighted by atomic mass is 9.84. The Bertz CT molecular complexity index is 714. The van der Waals surface area contributed by atoms with Crippen molar-refractivity contribution < 1.29 is 23.9 Å². The third kappa shape index (κ3) is 18.7. The van der Waals surface area contributed by atoms with Crippen LogP contribution in [0.1, 0.15) is 114 Å². The highest BCUT2D eigenvalue weighted by atomic mass is 16.5. The highest BCUT2D eigenvalue weighted by Crippen LogP contribution is 2.25.